The summed E-state index contributed by atoms with van der Waals surface area (Å²) in [6.45, 7) is 9.25. The highest BCUT2D eigenvalue weighted by atomic mass is 32.2. The van der Waals surface area contributed by atoms with Crippen LogP contribution in [-0.4, -0.2) is 43.6 Å². The summed E-state index contributed by atoms with van der Waals surface area (Å²) in [6, 6.07) is 10.4. The van der Waals surface area contributed by atoms with Gasteiger partial charge >= 0.3 is 5.91 Å². The van der Waals surface area contributed by atoms with Crippen LogP contribution in [0.5, 0.6) is 0 Å². The van der Waals surface area contributed by atoms with Crippen LogP contribution in [0, 0.1) is 13.8 Å². The van der Waals surface area contributed by atoms with Gasteiger partial charge in [-0.05, 0) is 56.9 Å². The first-order valence-corrected chi connectivity index (χ1v) is 11.9. The molecule has 0 heterocycles. The van der Waals surface area contributed by atoms with E-state index in [9.17, 15) is 18.0 Å². The number of nitrogens with zero attached hydrogens (tertiary/aromatic N) is 2. The molecule has 31 heavy (non-hydrogen) atoms. The van der Waals surface area contributed by atoms with Crippen molar-refractivity contribution in [1.82, 2.24) is 5.01 Å². The quantitative estimate of drug-likeness (QED) is 0.268. The number of carbonyl (C=O) groups excluding carboxylic acids is 2. The molecule has 0 N–H and O–H groups in total. The molecule has 0 saturated heterocycles. The van der Waals surface area contributed by atoms with E-state index < -0.39 is 21.5 Å². The third-order valence-corrected chi connectivity index (χ3v) is 6.81. The van der Waals surface area contributed by atoms with Gasteiger partial charge in [0.05, 0.1) is 16.4 Å². The van der Waals surface area contributed by atoms with Crippen LogP contribution in [0.2, 0.25) is 0 Å². The summed E-state index contributed by atoms with van der Waals surface area (Å²) in [7, 11) is -2.23. The molecule has 0 fully saturated rings. The average Bonchev–Trinajstić information content (AvgIpc) is 2.71. The fourth-order valence-electron chi connectivity index (χ4n) is 3.48. The second-order valence-electron chi connectivity index (χ2n) is 7.73. The van der Waals surface area contributed by atoms with E-state index in [1.54, 1.807) is 24.3 Å². The fourth-order valence-corrected chi connectivity index (χ4v) is 4.80. The van der Waals surface area contributed by atoms with Crippen molar-refractivity contribution in [3.8, 4) is 0 Å². The normalized spacial score (nSPS) is 12.0. The molecule has 2 aromatic carbocycles. The largest absolute Gasteiger partial charge is 0.314 e. The topological polar surface area (TPSA) is 83.9 Å². The SMILES string of the molecule is CCc1cc(C)cc(CC)c1C(=O)C(=O)N(C)/N=C(/C)CS(=O)(=O)c1ccc(C)cc1. The summed E-state index contributed by atoms with van der Waals surface area (Å²) in [5.41, 5.74) is 4.30. The number of ketones is 1. The summed E-state index contributed by atoms with van der Waals surface area (Å²) in [4.78, 5) is 26.0. The monoisotopic (exact) mass is 442 g/mol. The molecular formula is C24H30N2O4S. The van der Waals surface area contributed by atoms with Crippen molar-refractivity contribution in [3.05, 3.63) is 64.2 Å². The molecule has 0 spiro atoms. The predicted molar refractivity (Wildman–Crippen MR) is 123 cm³/mol. The molecule has 1 amide bonds. The summed E-state index contributed by atoms with van der Waals surface area (Å²) in [6.07, 6.45) is 1.26. The summed E-state index contributed by atoms with van der Waals surface area (Å²) < 4.78 is 25.2. The van der Waals surface area contributed by atoms with E-state index in [0.717, 1.165) is 27.3 Å². The molecule has 6 nitrogen and oxygen atoms in total. The van der Waals surface area contributed by atoms with Crippen LogP contribution in [0.4, 0.5) is 0 Å². The average molecular weight is 443 g/mol. The first-order valence-electron chi connectivity index (χ1n) is 10.3. The smallest absolute Gasteiger partial charge is 0.283 e. The van der Waals surface area contributed by atoms with Crippen LogP contribution in [0.3, 0.4) is 0 Å². The van der Waals surface area contributed by atoms with Crippen molar-refractivity contribution in [2.24, 2.45) is 5.10 Å². The lowest BCUT2D eigenvalue weighted by molar-refractivity contribution is -0.125. The molecule has 7 heteroatoms. The van der Waals surface area contributed by atoms with Gasteiger partial charge in [0.2, 0.25) is 0 Å². The first-order chi connectivity index (χ1) is 14.5. The molecule has 0 saturated carbocycles. The number of hydrazone groups is 1. The zero-order valence-corrected chi connectivity index (χ0v) is 19.8. The number of hydrogen-bond acceptors (Lipinski definition) is 5. The molecule has 166 valence electrons. The van der Waals surface area contributed by atoms with Gasteiger partial charge in [0, 0.05) is 12.6 Å². The minimum Gasteiger partial charge on any atom is -0.283 e. The zero-order chi connectivity index (χ0) is 23.3. The predicted octanol–water partition coefficient (Wildman–Crippen LogP) is 3.92. The number of likely N-dealkylation sites (N-methyl/N-ethyl adjacent to an activating group) is 1. The number of benzene rings is 2. The van der Waals surface area contributed by atoms with Crippen LogP contribution >= 0.6 is 0 Å². The van der Waals surface area contributed by atoms with Crippen molar-refractivity contribution >= 4 is 27.2 Å². The second kappa shape index (κ2) is 10.0. The fraction of sp³-hybridized carbons (Fsp3) is 0.375. The van der Waals surface area contributed by atoms with E-state index in [2.05, 4.69) is 5.10 Å². The molecule has 0 aromatic heterocycles. The van der Waals surface area contributed by atoms with Crippen LogP contribution in [0.15, 0.2) is 46.4 Å². The first kappa shape index (κ1) is 24.5. The number of carbonyl (C=O) groups is 2. The van der Waals surface area contributed by atoms with Crippen molar-refractivity contribution in [2.45, 2.75) is 52.4 Å². The second-order valence-corrected chi connectivity index (χ2v) is 9.72. The number of hydrogen-bond donors (Lipinski definition) is 0. The summed E-state index contributed by atoms with van der Waals surface area (Å²) in [5, 5.41) is 5.01. The van der Waals surface area contributed by atoms with E-state index >= 15 is 0 Å². The standard InChI is InChI=1S/C24H30N2O4S/c1-7-19-13-17(4)14-20(8-2)22(19)23(27)24(28)26(6)25-18(5)15-31(29,30)21-11-9-16(3)10-12-21/h9-14H,7-8,15H2,1-6H3/b25-18-. The zero-order valence-electron chi connectivity index (χ0n) is 19.0. The van der Waals surface area contributed by atoms with Crippen molar-refractivity contribution in [3.63, 3.8) is 0 Å². The molecule has 0 unspecified atom stereocenters. The Bertz CT molecular complexity index is 1090. The maximum Gasteiger partial charge on any atom is 0.314 e. The third kappa shape index (κ3) is 5.88. The van der Waals surface area contributed by atoms with Gasteiger partial charge in [-0.3, -0.25) is 9.59 Å². The highest BCUT2D eigenvalue weighted by Gasteiger charge is 2.26. The maximum absolute atomic E-state index is 13.0. The van der Waals surface area contributed by atoms with Crippen LogP contribution in [-0.2, 0) is 27.5 Å². The van der Waals surface area contributed by atoms with Gasteiger partial charge in [0.15, 0.2) is 9.84 Å². The minimum absolute atomic E-state index is 0.192. The van der Waals surface area contributed by atoms with Crippen molar-refractivity contribution < 1.29 is 18.0 Å². The maximum atomic E-state index is 13.0. The highest BCUT2D eigenvalue weighted by Crippen LogP contribution is 2.21. The molecule has 2 rings (SSSR count). The lowest BCUT2D eigenvalue weighted by atomic mass is 9.92. The van der Waals surface area contributed by atoms with E-state index in [-0.39, 0.29) is 16.4 Å². The number of sulfone groups is 1. The Morgan fingerprint density at radius 1 is 0.935 bits per heavy atom. The summed E-state index contributed by atoms with van der Waals surface area (Å²) in [5.74, 6) is -1.76. The van der Waals surface area contributed by atoms with E-state index in [1.165, 1.54) is 14.0 Å². The Morgan fingerprint density at radius 2 is 1.45 bits per heavy atom. The lowest BCUT2D eigenvalue weighted by Crippen LogP contribution is -2.32. The highest BCUT2D eigenvalue weighted by molar-refractivity contribution is 7.92. The Kier molecular flexibility index (Phi) is 7.90. The molecule has 0 aliphatic heterocycles. The Balaban J connectivity index is 2.26. The molecule has 0 bridgehead atoms. The van der Waals surface area contributed by atoms with Gasteiger partial charge in [0.25, 0.3) is 5.78 Å². The van der Waals surface area contributed by atoms with Gasteiger partial charge in [-0.15, -0.1) is 0 Å². The van der Waals surface area contributed by atoms with Crippen LogP contribution in [0.25, 0.3) is 0 Å². The van der Waals surface area contributed by atoms with Crippen molar-refractivity contribution in [1.29, 1.82) is 0 Å². The van der Waals surface area contributed by atoms with E-state index in [0.29, 0.717) is 18.4 Å². The number of aryl methyl sites for hydroxylation is 4. The Hall–Kier alpha value is -2.80. The molecule has 0 aliphatic rings. The van der Waals surface area contributed by atoms with E-state index in [4.69, 9.17) is 0 Å². The minimum atomic E-state index is -3.60. The van der Waals surface area contributed by atoms with Gasteiger partial charge in [-0.25, -0.2) is 13.4 Å². The number of Topliss-reactive ketones (excluding diaryl/α,β-unsaturated/α-hetero) is 1. The molecule has 0 radical (unpaired) electrons. The van der Waals surface area contributed by atoms with Crippen molar-refractivity contribution in [2.75, 3.05) is 12.8 Å². The van der Waals surface area contributed by atoms with E-state index in [1.807, 2.05) is 39.8 Å². The molecule has 0 atom stereocenters. The van der Waals surface area contributed by atoms with Gasteiger partial charge in [0.1, 0.15) is 0 Å². The lowest BCUT2D eigenvalue weighted by Gasteiger charge is -2.16. The molecular weight excluding hydrogens is 412 g/mol. The molecule has 0 aliphatic carbocycles. The van der Waals surface area contributed by atoms with Gasteiger partial charge < -0.3 is 0 Å². The number of amides is 1. The molecule has 2 aromatic rings. The Labute approximate surface area is 184 Å². The Morgan fingerprint density at radius 3 is 1.94 bits per heavy atom. The number of rotatable bonds is 8. The van der Waals surface area contributed by atoms with Crippen LogP contribution in [0.1, 0.15) is 53.4 Å². The van der Waals surface area contributed by atoms with Gasteiger partial charge in [-0.2, -0.15) is 5.10 Å². The van der Waals surface area contributed by atoms with Gasteiger partial charge in [-0.1, -0.05) is 49.2 Å². The van der Waals surface area contributed by atoms with Crippen LogP contribution < -0.4 is 0 Å². The third-order valence-electron chi connectivity index (χ3n) is 5.02. The summed E-state index contributed by atoms with van der Waals surface area (Å²) >= 11 is 0.